The molecule has 0 radical (unpaired) electrons. The lowest BCUT2D eigenvalue weighted by atomic mass is 9.78. The molecular weight excluding hydrogens is 826 g/mol. The lowest BCUT2D eigenvalue weighted by Gasteiger charge is -2.48. The minimum Gasteiger partial charge on any atom is -0.478 e. The predicted octanol–water partition coefficient (Wildman–Crippen LogP) is 3.38. The molecule has 2 aromatic heterocycles. The number of anilines is 4. The Morgan fingerprint density at radius 1 is 0.952 bits per heavy atom. The highest BCUT2D eigenvalue weighted by molar-refractivity contribution is 6.33. The fraction of sp³-hybridized carbons (Fsp3) is 0.489. The molecule has 332 valence electrons. The van der Waals surface area contributed by atoms with E-state index in [1.54, 1.807) is 21.7 Å². The highest BCUT2D eigenvalue weighted by atomic mass is 35.5. The summed E-state index contributed by atoms with van der Waals surface area (Å²) in [5.41, 5.74) is 3.87. The van der Waals surface area contributed by atoms with Crippen molar-refractivity contribution in [3.8, 4) is 5.75 Å². The third kappa shape index (κ3) is 8.78. The molecule has 4 amide bonds. The Balaban J connectivity index is 0.739. The van der Waals surface area contributed by atoms with Crippen molar-refractivity contribution < 1.29 is 23.9 Å². The quantitative estimate of drug-likeness (QED) is 0.177. The first-order chi connectivity index (χ1) is 30.4. The van der Waals surface area contributed by atoms with E-state index < -0.39 is 6.04 Å². The highest BCUT2D eigenvalue weighted by Crippen LogP contribution is 2.36. The van der Waals surface area contributed by atoms with E-state index in [4.69, 9.17) is 21.3 Å². The van der Waals surface area contributed by atoms with E-state index in [1.165, 1.54) is 19.9 Å². The fourth-order valence-corrected chi connectivity index (χ4v) is 9.85. The molecule has 3 N–H and O–H groups in total. The van der Waals surface area contributed by atoms with Gasteiger partial charge in [-0.3, -0.25) is 39.1 Å². The van der Waals surface area contributed by atoms with Crippen molar-refractivity contribution in [2.75, 3.05) is 87.7 Å². The monoisotopic (exact) mass is 879 g/mol. The van der Waals surface area contributed by atoms with Gasteiger partial charge in [0.15, 0.2) is 18.2 Å². The largest absolute Gasteiger partial charge is 0.478 e. The lowest BCUT2D eigenvalue weighted by molar-refractivity contribution is -0.137. The summed E-state index contributed by atoms with van der Waals surface area (Å²) in [5, 5.41) is 9.39. The number of carbonyl (C=O) groups excluding carboxylic acids is 4. The van der Waals surface area contributed by atoms with Crippen LogP contribution < -0.4 is 36.0 Å². The number of ether oxygens (including phenoxy) is 1. The van der Waals surface area contributed by atoms with Crippen LogP contribution in [0.25, 0.3) is 10.9 Å². The van der Waals surface area contributed by atoms with Gasteiger partial charge in [0, 0.05) is 113 Å². The molecule has 5 aliphatic rings. The van der Waals surface area contributed by atoms with Gasteiger partial charge in [0.2, 0.25) is 17.8 Å². The number of nitrogens with zero attached hydrogens (tertiary/aromatic N) is 8. The number of amides is 4. The third-order valence-electron chi connectivity index (χ3n) is 13.2. The topological polar surface area (TPSA) is 178 Å². The Morgan fingerprint density at radius 2 is 1.71 bits per heavy atom. The van der Waals surface area contributed by atoms with Crippen LogP contribution in [0.1, 0.15) is 61.5 Å². The molecule has 63 heavy (non-hydrogen) atoms. The summed E-state index contributed by atoms with van der Waals surface area (Å²) in [6.45, 7) is 12.4. The van der Waals surface area contributed by atoms with Crippen molar-refractivity contribution >= 4 is 69.3 Å². The van der Waals surface area contributed by atoms with Crippen LogP contribution in [0.15, 0.2) is 53.5 Å². The van der Waals surface area contributed by atoms with Crippen LogP contribution in [0.4, 0.5) is 23.1 Å². The normalized spacial score (nSPS) is 22.0. The van der Waals surface area contributed by atoms with Crippen molar-refractivity contribution in [1.29, 1.82) is 0 Å². The maximum atomic E-state index is 13.2. The van der Waals surface area contributed by atoms with Gasteiger partial charge in [0.25, 0.3) is 17.4 Å². The van der Waals surface area contributed by atoms with Crippen molar-refractivity contribution in [2.45, 2.75) is 64.2 Å². The summed E-state index contributed by atoms with van der Waals surface area (Å²) in [6.07, 6.45) is 4.66. The summed E-state index contributed by atoms with van der Waals surface area (Å²) in [7, 11) is 1.52. The second kappa shape index (κ2) is 17.8. The molecule has 0 spiro atoms. The van der Waals surface area contributed by atoms with E-state index in [1.807, 2.05) is 44.2 Å². The number of carbonyl (C=O) groups is 4. The SMILES string of the molecule is CNC(=O)COc1cc2cc(Nc3nc(N4CCN(CC5CC(N6CCN(c7ccc8c(c7)CN([C@@H]7CCC(=O)NC7=O)C8=O)CC6)C5)CC4)ncc3Cl)ccc2n(C(C)C)c1=O. The number of piperidine rings is 1. The van der Waals surface area contributed by atoms with E-state index in [0.29, 0.717) is 47.3 Å². The number of rotatable bonds is 12. The molecule has 1 atom stereocenters. The van der Waals surface area contributed by atoms with E-state index in [2.05, 4.69) is 46.6 Å². The second-order valence-corrected chi connectivity index (χ2v) is 18.0. The summed E-state index contributed by atoms with van der Waals surface area (Å²) in [4.78, 5) is 83.2. The summed E-state index contributed by atoms with van der Waals surface area (Å²) in [6, 6.07) is 13.2. The summed E-state index contributed by atoms with van der Waals surface area (Å²) < 4.78 is 7.28. The Hall–Kier alpha value is -5.78. The number of nitrogens with one attached hydrogen (secondary N) is 3. The Labute approximate surface area is 370 Å². The molecule has 18 heteroatoms. The molecule has 1 aliphatic carbocycles. The summed E-state index contributed by atoms with van der Waals surface area (Å²) >= 11 is 6.61. The molecule has 4 fully saturated rings. The van der Waals surface area contributed by atoms with Gasteiger partial charge in [-0.15, -0.1) is 0 Å². The van der Waals surface area contributed by atoms with Crippen molar-refractivity contribution in [2.24, 2.45) is 5.92 Å². The van der Waals surface area contributed by atoms with Crippen LogP contribution >= 0.6 is 11.6 Å². The number of piperazine rings is 2. The minimum absolute atomic E-state index is 0.100. The van der Waals surface area contributed by atoms with Gasteiger partial charge in [-0.25, -0.2) is 4.98 Å². The average Bonchev–Trinajstić information content (AvgIpc) is 3.59. The first kappa shape index (κ1) is 42.5. The third-order valence-corrected chi connectivity index (χ3v) is 13.5. The average molecular weight is 880 g/mol. The van der Waals surface area contributed by atoms with Crippen LogP contribution in [0, 0.1) is 5.92 Å². The standard InChI is InChI=1S/C45H54ClN11O6/c1-27(2)57-36-7-4-31(20-29(36)22-38(44(57)62)63-26-40(59)47-3)49-41-35(46)23-48-45(51-41)55-12-10-52(11-13-55)24-28-18-33(19-28)54-16-14-53(15-17-54)32-5-6-34-30(21-32)25-56(43(34)61)37-8-9-39(58)50-42(37)60/h4-7,20-23,27-28,33,37H,8-19,24-26H2,1-3H3,(H,47,59)(H,48,49,51)(H,50,58,60)/t28?,33?,37-/m1/s1. The van der Waals surface area contributed by atoms with Crippen LogP contribution in [-0.2, 0) is 20.9 Å². The Bertz CT molecular complexity index is 2490. The number of halogens is 1. The summed E-state index contributed by atoms with van der Waals surface area (Å²) in [5.74, 6) is 0.753. The van der Waals surface area contributed by atoms with Gasteiger partial charge in [0.1, 0.15) is 11.1 Å². The number of likely N-dealkylation sites (N-methyl/N-ethyl adjacent to an activating group) is 1. The minimum atomic E-state index is -0.603. The van der Waals surface area contributed by atoms with Crippen LogP contribution in [0.3, 0.4) is 0 Å². The maximum Gasteiger partial charge on any atom is 0.293 e. The molecule has 0 unspecified atom stereocenters. The molecule has 0 bridgehead atoms. The predicted molar refractivity (Wildman–Crippen MR) is 240 cm³/mol. The van der Waals surface area contributed by atoms with Gasteiger partial charge < -0.3 is 34.6 Å². The first-order valence-electron chi connectivity index (χ1n) is 22.0. The number of pyridine rings is 1. The van der Waals surface area contributed by atoms with Crippen LogP contribution in [-0.4, -0.2) is 138 Å². The number of benzene rings is 2. The number of hydrogen-bond acceptors (Lipinski definition) is 13. The molecular formula is C45H54ClN11O6. The number of aromatic nitrogens is 3. The van der Waals surface area contributed by atoms with E-state index in [0.717, 1.165) is 86.7 Å². The zero-order valence-corrected chi connectivity index (χ0v) is 36.7. The molecule has 17 nitrogen and oxygen atoms in total. The van der Waals surface area contributed by atoms with Crippen molar-refractivity contribution in [3.05, 3.63) is 75.2 Å². The maximum absolute atomic E-state index is 13.2. The van der Waals surface area contributed by atoms with Gasteiger partial charge >= 0.3 is 0 Å². The smallest absolute Gasteiger partial charge is 0.293 e. The molecule has 6 heterocycles. The van der Waals surface area contributed by atoms with Crippen LogP contribution in [0.2, 0.25) is 5.02 Å². The highest BCUT2D eigenvalue weighted by Gasteiger charge is 2.40. The molecule has 9 rings (SSSR count). The van der Waals surface area contributed by atoms with E-state index in [-0.39, 0.29) is 54.0 Å². The van der Waals surface area contributed by atoms with Gasteiger partial charge in [-0.1, -0.05) is 11.6 Å². The lowest BCUT2D eigenvalue weighted by Crippen LogP contribution is -2.56. The Morgan fingerprint density at radius 3 is 2.44 bits per heavy atom. The van der Waals surface area contributed by atoms with Crippen molar-refractivity contribution in [3.63, 3.8) is 0 Å². The zero-order valence-electron chi connectivity index (χ0n) is 35.9. The van der Waals surface area contributed by atoms with Crippen molar-refractivity contribution in [1.82, 2.24) is 39.9 Å². The second-order valence-electron chi connectivity index (χ2n) is 17.5. The Kier molecular flexibility index (Phi) is 12.0. The molecule has 1 saturated carbocycles. The van der Waals surface area contributed by atoms with Gasteiger partial charge in [-0.05, 0) is 87.1 Å². The zero-order chi connectivity index (χ0) is 43.9. The van der Waals surface area contributed by atoms with E-state index >= 15 is 0 Å². The molecule has 2 aromatic carbocycles. The number of hydrogen-bond donors (Lipinski definition) is 3. The molecule has 4 aromatic rings. The number of imide groups is 1. The molecule has 3 saturated heterocycles. The first-order valence-corrected chi connectivity index (χ1v) is 22.4. The van der Waals surface area contributed by atoms with Gasteiger partial charge in [0.05, 0.1) is 11.7 Å². The number of fused-ring (bicyclic) bond motifs is 2. The van der Waals surface area contributed by atoms with E-state index in [9.17, 15) is 24.0 Å². The van der Waals surface area contributed by atoms with Gasteiger partial charge in [-0.2, -0.15) is 4.98 Å². The molecule has 4 aliphatic heterocycles. The van der Waals surface area contributed by atoms with Crippen LogP contribution in [0.5, 0.6) is 5.75 Å². The fourth-order valence-electron chi connectivity index (χ4n) is 9.71.